The maximum Gasteiger partial charge on any atom is 0.159 e. The lowest BCUT2D eigenvalue weighted by atomic mass is 9.71. The van der Waals surface area contributed by atoms with E-state index in [9.17, 15) is 13.2 Å². The molecule has 2 unspecified atom stereocenters. The molecule has 176 valence electrons. The van der Waals surface area contributed by atoms with E-state index in [1.54, 1.807) is 20.8 Å². The van der Waals surface area contributed by atoms with Crippen molar-refractivity contribution in [2.75, 3.05) is 13.1 Å². The van der Waals surface area contributed by atoms with E-state index in [2.05, 4.69) is 5.48 Å². The van der Waals surface area contributed by atoms with Gasteiger partial charge >= 0.3 is 0 Å². The van der Waals surface area contributed by atoms with Gasteiger partial charge in [-0.2, -0.15) is 0 Å². The number of carbonyl (C=O) groups is 1. The van der Waals surface area contributed by atoms with Crippen molar-refractivity contribution in [2.45, 2.75) is 93.1 Å². The van der Waals surface area contributed by atoms with E-state index in [1.165, 1.54) is 0 Å². The van der Waals surface area contributed by atoms with Crippen LogP contribution in [0.25, 0.3) is 0 Å². The van der Waals surface area contributed by atoms with Gasteiger partial charge in [0.25, 0.3) is 0 Å². The molecule has 0 saturated carbocycles. The van der Waals surface area contributed by atoms with Crippen LogP contribution in [0.15, 0.2) is 0 Å². The highest BCUT2D eigenvalue weighted by molar-refractivity contribution is 7.93. The Labute approximate surface area is 178 Å². The SMILES string of the molecule is CC(C)(C)C(=O)C(CNO)C(C)(C)C.CC(C)(C)C(CNO)S(=O)(=O)C(C)(C)C. The van der Waals surface area contributed by atoms with Crippen molar-refractivity contribution in [3.05, 3.63) is 0 Å². The fraction of sp³-hybridized carbons (Fsp3) is 0.952. The molecule has 0 spiro atoms. The van der Waals surface area contributed by atoms with Crippen molar-refractivity contribution < 1.29 is 23.6 Å². The Morgan fingerprint density at radius 3 is 1.34 bits per heavy atom. The minimum Gasteiger partial charge on any atom is -0.317 e. The standard InChI is InChI=1S/C11H23NO2.C10H23NO3S/c1-10(2,3)8(7-12-14)9(13)11(4,5)6;1-9(2,3)8(7-11-12)15(13,14)10(4,5)6/h8,12,14H,7H2,1-6H3;8,11-12H,7H2,1-6H3. The van der Waals surface area contributed by atoms with Gasteiger partial charge in [0.1, 0.15) is 5.78 Å². The monoisotopic (exact) mass is 438 g/mol. The predicted octanol–water partition coefficient (Wildman–Crippen LogP) is 3.84. The van der Waals surface area contributed by atoms with Gasteiger partial charge in [-0.25, -0.2) is 19.4 Å². The number of hydrogen-bond donors (Lipinski definition) is 4. The Morgan fingerprint density at radius 2 is 1.14 bits per heavy atom. The molecule has 0 aliphatic carbocycles. The van der Waals surface area contributed by atoms with Crippen LogP contribution < -0.4 is 11.0 Å². The molecule has 0 bridgehead atoms. The fourth-order valence-corrected chi connectivity index (χ4v) is 4.88. The molecule has 0 saturated heterocycles. The first-order chi connectivity index (χ1) is 12.5. The number of ketones is 1. The van der Waals surface area contributed by atoms with E-state index < -0.39 is 25.2 Å². The van der Waals surface area contributed by atoms with E-state index in [0.29, 0.717) is 6.54 Å². The molecule has 0 radical (unpaired) electrons. The lowest BCUT2D eigenvalue weighted by molar-refractivity contribution is -0.134. The van der Waals surface area contributed by atoms with Gasteiger partial charge in [-0.3, -0.25) is 4.79 Å². The summed E-state index contributed by atoms with van der Waals surface area (Å²) in [5.41, 5.74) is 3.20. The van der Waals surface area contributed by atoms with Gasteiger partial charge in [-0.05, 0) is 31.6 Å². The lowest BCUT2D eigenvalue weighted by Crippen LogP contribution is -2.48. The van der Waals surface area contributed by atoms with Crippen molar-refractivity contribution in [1.29, 1.82) is 0 Å². The van der Waals surface area contributed by atoms with Crippen molar-refractivity contribution in [2.24, 2.45) is 22.2 Å². The number of Topliss-reactive ketones (excluding diaryl/α,β-unsaturated/α-hetero) is 1. The van der Waals surface area contributed by atoms with Gasteiger partial charge in [0.05, 0.1) is 10.00 Å². The molecule has 4 N–H and O–H groups in total. The maximum absolute atomic E-state index is 12.2. The molecule has 0 fully saturated rings. The third-order valence-corrected chi connectivity index (χ3v) is 8.20. The van der Waals surface area contributed by atoms with Crippen molar-refractivity contribution in [1.82, 2.24) is 11.0 Å². The third-order valence-electron chi connectivity index (χ3n) is 4.87. The largest absolute Gasteiger partial charge is 0.317 e. The second-order valence-electron chi connectivity index (χ2n) is 11.8. The minimum absolute atomic E-state index is 0.0586. The van der Waals surface area contributed by atoms with E-state index in [1.807, 2.05) is 67.8 Å². The summed E-state index contributed by atoms with van der Waals surface area (Å²) in [4.78, 5) is 12.1. The normalized spacial score (nSPS) is 15.9. The molecule has 8 heteroatoms. The summed E-state index contributed by atoms with van der Waals surface area (Å²) in [6.45, 7) is 22.8. The Hall–Kier alpha value is -0.540. The van der Waals surface area contributed by atoms with Gasteiger partial charge in [-0.1, -0.05) is 62.3 Å². The molecule has 2 atom stereocenters. The molecule has 7 nitrogen and oxygen atoms in total. The topological polar surface area (TPSA) is 116 Å². The summed E-state index contributed by atoms with van der Waals surface area (Å²) in [5.74, 6) is 0.0269. The first-order valence-corrected chi connectivity index (χ1v) is 11.6. The maximum atomic E-state index is 12.2. The molecule has 0 aromatic carbocycles. The van der Waals surface area contributed by atoms with E-state index >= 15 is 0 Å². The average molecular weight is 439 g/mol. The molecule has 0 aromatic rings. The van der Waals surface area contributed by atoms with Crippen LogP contribution in [0.1, 0.15) is 83.1 Å². The van der Waals surface area contributed by atoms with Crippen LogP contribution in [0.4, 0.5) is 0 Å². The highest BCUT2D eigenvalue weighted by Gasteiger charge is 2.43. The molecule has 0 aliphatic heterocycles. The van der Waals surface area contributed by atoms with Gasteiger partial charge in [0, 0.05) is 24.4 Å². The van der Waals surface area contributed by atoms with Gasteiger partial charge in [0.2, 0.25) is 0 Å². The summed E-state index contributed by atoms with van der Waals surface area (Å²) in [7, 11) is -3.28. The zero-order chi connectivity index (χ0) is 24.1. The Kier molecular flexibility index (Phi) is 11.3. The van der Waals surface area contributed by atoms with E-state index in [0.717, 1.165) is 0 Å². The lowest BCUT2D eigenvalue weighted by Gasteiger charge is -2.35. The van der Waals surface area contributed by atoms with Crippen LogP contribution in [0.5, 0.6) is 0 Å². The molecule has 29 heavy (non-hydrogen) atoms. The van der Waals surface area contributed by atoms with Crippen LogP contribution in [0.2, 0.25) is 0 Å². The van der Waals surface area contributed by atoms with Crippen molar-refractivity contribution >= 4 is 15.6 Å². The molecule has 0 aliphatic rings. The fourth-order valence-electron chi connectivity index (χ4n) is 2.80. The zero-order valence-corrected chi connectivity index (χ0v) is 21.4. The van der Waals surface area contributed by atoms with E-state index in [-0.39, 0.29) is 29.1 Å². The van der Waals surface area contributed by atoms with Gasteiger partial charge < -0.3 is 10.4 Å². The zero-order valence-electron chi connectivity index (χ0n) is 20.6. The third kappa shape index (κ3) is 9.87. The first kappa shape index (κ1) is 30.7. The Bertz CT molecular complexity index is 603. The molecule has 0 aromatic heterocycles. The Balaban J connectivity index is 0. The summed E-state index contributed by atoms with van der Waals surface area (Å²) in [6, 6.07) is 0. The molecular formula is C21H46N2O5S. The molecule has 0 rings (SSSR count). The highest BCUT2D eigenvalue weighted by Crippen LogP contribution is 2.33. The van der Waals surface area contributed by atoms with E-state index in [4.69, 9.17) is 10.4 Å². The van der Waals surface area contributed by atoms with Crippen LogP contribution in [-0.4, -0.2) is 47.7 Å². The van der Waals surface area contributed by atoms with Gasteiger partial charge in [0.15, 0.2) is 9.84 Å². The number of carbonyl (C=O) groups excluding carboxylic acids is 1. The molecule has 0 amide bonds. The predicted molar refractivity (Wildman–Crippen MR) is 119 cm³/mol. The summed E-state index contributed by atoms with van der Waals surface area (Å²) < 4.78 is 23.7. The van der Waals surface area contributed by atoms with Crippen molar-refractivity contribution in [3.8, 4) is 0 Å². The van der Waals surface area contributed by atoms with Crippen LogP contribution in [0.3, 0.4) is 0 Å². The quantitative estimate of drug-likeness (QED) is 0.466. The summed E-state index contributed by atoms with van der Waals surface area (Å²) in [6.07, 6.45) is 0. The number of rotatable bonds is 6. The molecular weight excluding hydrogens is 392 g/mol. The summed E-state index contributed by atoms with van der Waals surface area (Å²) in [5, 5.41) is 16.8. The smallest absolute Gasteiger partial charge is 0.159 e. The highest BCUT2D eigenvalue weighted by atomic mass is 32.2. The Morgan fingerprint density at radius 1 is 0.759 bits per heavy atom. The van der Waals surface area contributed by atoms with Crippen LogP contribution >= 0.6 is 0 Å². The first-order valence-electron chi connectivity index (χ1n) is 10.1. The van der Waals surface area contributed by atoms with Crippen LogP contribution in [0, 0.1) is 22.2 Å². The van der Waals surface area contributed by atoms with Gasteiger partial charge in [-0.15, -0.1) is 0 Å². The average Bonchev–Trinajstić information content (AvgIpc) is 2.45. The second kappa shape index (κ2) is 10.7. The number of nitrogens with one attached hydrogen (secondary N) is 2. The minimum atomic E-state index is -3.28. The molecule has 0 heterocycles. The van der Waals surface area contributed by atoms with Crippen LogP contribution in [-0.2, 0) is 14.6 Å². The number of sulfone groups is 1. The second-order valence-corrected chi connectivity index (χ2v) is 14.7. The number of hydroxylamine groups is 2. The summed E-state index contributed by atoms with van der Waals surface area (Å²) >= 11 is 0. The van der Waals surface area contributed by atoms with Crippen molar-refractivity contribution in [3.63, 3.8) is 0 Å². The number of hydrogen-bond acceptors (Lipinski definition) is 7.